The van der Waals surface area contributed by atoms with Crippen molar-refractivity contribution in [1.29, 1.82) is 0 Å². The fourth-order valence-corrected chi connectivity index (χ4v) is 4.39. The van der Waals surface area contributed by atoms with Gasteiger partial charge in [0.25, 0.3) is 5.91 Å². The molecule has 1 amide bonds. The summed E-state index contributed by atoms with van der Waals surface area (Å²) in [6.45, 7) is 3.94. The second-order valence-corrected chi connectivity index (χ2v) is 7.33. The summed E-state index contributed by atoms with van der Waals surface area (Å²) in [7, 11) is 0. The molecular weight excluding hydrogens is 384 g/mol. The van der Waals surface area contributed by atoms with Crippen LogP contribution in [0.15, 0.2) is 27.1 Å². The summed E-state index contributed by atoms with van der Waals surface area (Å²) in [6.07, 6.45) is 3.83. The molecule has 0 N–H and O–H groups in total. The van der Waals surface area contributed by atoms with Gasteiger partial charge in [-0.15, -0.1) is 0 Å². The van der Waals surface area contributed by atoms with Gasteiger partial charge in [-0.25, -0.2) is 0 Å². The van der Waals surface area contributed by atoms with E-state index in [1.54, 1.807) is 0 Å². The summed E-state index contributed by atoms with van der Waals surface area (Å²) in [5.41, 5.74) is 0.762. The van der Waals surface area contributed by atoms with Crippen molar-refractivity contribution in [3.8, 4) is 0 Å². The largest absolute Gasteiger partial charge is 0.336 e. The normalized spacial score (nSPS) is 23.5. The highest BCUT2D eigenvalue weighted by Gasteiger charge is 2.31. The minimum atomic E-state index is 0.148. The van der Waals surface area contributed by atoms with Crippen LogP contribution < -0.4 is 0 Å². The maximum absolute atomic E-state index is 12.7. The Kier molecular flexibility index (Phi) is 4.48. The van der Waals surface area contributed by atoms with Crippen LogP contribution in [0.3, 0.4) is 0 Å². The zero-order chi connectivity index (χ0) is 14.1. The van der Waals surface area contributed by atoms with Gasteiger partial charge in [0.1, 0.15) is 0 Å². The molecule has 3 nitrogen and oxygen atoms in total. The third-order valence-electron chi connectivity index (χ3n) is 4.29. The first-order chi connectivity index (χ1) is 9.65. The van der Waals surface area contributed by atoms with Gasteiger partial charge in [0.05, 0.1) is 5.56 Å². The first-order valence-electron chi connectivity index (χ1n) is 7.13. The molecule has 1 aromatic rings. The van der Waals surface area contributed by atoms with Crippen molar-refractivity contribution in [3.63, 3.8) is 0 Å². The zero-order valence-corrected chi connectivity index (χ0v) is 14.5. The van der Waals surface area contributed by atoms with Crippen LogP contribution in [0.2, 0.25) is 0 Å². The number of benzene rings is 1. The number of carbonyl (C=O) groups excluding carboxylic acids is 1. The van der Waals surface area contributed by atoms with Crippen LogP contribution in [0.1, 0.15) is 29.6 Å². The predicted octanol–water partition coefficient (Wildman–Crippen LogP) is 3.52. The molecule has 20 heavy (non-hydrogen) atoms. The Hall–Kier alpha value is -0.390. The van der Waals surface area contributed by atoms with Crippen LogP contribution in [-0.2, 0) is 0 Å². The van der Waals surface area contributed by atoms with Gasteiger partial charge in [-0.3, -0.25) is 9.69 Å². The van der Waals surface area contributed by atoms with Gasteiger partial charge in [0.2, 0.25) is 0 Å². The number of hydrogen-bond donors (Lipinski definition) is 0. The van der Waals surface area contributed by atoms with Crippen molar-refractivity contribution in [3.05, 3.63) is 32.7 Å². The van der Waals surface area contributed by atoms with Crippen LogP contribution in [0.25, 0.3) is 0 Å². The number of hydrogen-bond acceptors (Lipinski definition) is 2. The molecule has 1 unspecified atom stereocenters. The highest BCUT2D eigenvalue weighted by Crippen LogP contribution is 2.26. The van der Waals surface area contributed by atoms with Crippen LogP contribution >= 0.6 is 31.9 Å². The highest BCUT2D eigenvalue weighted by atomic mass is 79.9. The Bertz CT molecular complexity index is 521. The topological polar surface area (TPSA) is 23.6 Å². The molecular formula is C15H18Br2N2O. The first kappa shape index (κ1) is 14.5. The molecule has 0 spiro atoms. The second-order valence-electron chi connectivity index (χ2n) is 5.56. The lowest BCUT2D eigenvalue weighted by atomic mass is 9.99. The van der Waals surface area contributed by atoms with E-state index in [9.17, 15) is 4.79 Å². The van der Waals surface area contributed by atoms with Gasteiger partial charge in [-0.1, -0.05) is 22.4 Å². The average Bonchev–Trinajstić information content (AvgIpc) is 2.46. The van der Waals surface area contributed by atoms with E-state index in [0.717, 1.165) is 34.1 Å². The van der Waals surface area contributed by atoms with Gasteiger partial charge in [0, 0.05) is 34.6 Å². The Morgan fingerprint density at radius 2 is 2.00 bits per heavy atom. The Labute approximate surface area is 136 Å². The lowest BCUT2D eigenvalue weighted by molar-refractivity contribution is 0.0372. The quantitative estimate of drug-likeness (QED) is 0.718. The van der Waals surface area contributed by atoms with Crippen LogP contribution in [0.4, 0.5) is 0 Å². The number of carbonyl (C=O) groups is 1. The van der Waals surface area contributed by atoms with Crippen LogP contribution in [0, 0.1) is 0 Å². The molecule has 0 saturated carbocycles. The van der Waals surface area contributed by atoms with Gasteiger partial charge in [-0.2, -0.15) is 0 Å². The van der Waals surface area contributed by atoms with E-state index in [0.29, 0.717) is 6.04 Å². The van der Waals surface area contributed by atoms with Crippen molar-refractivity contribution in [2.75, 3.05) is 26.2 Å². The molecule has 2 aliphatic rings. The molecule has 1 atom stereocenters. The van der Waals surface area contributed by atoms with E-state index >= 15 is 0 Å². The van der Waals surface area contributed by atoms with Crippen LogP contribution in [0.5, 0.6) is 0 Å². The maximum Gasteiger partial charge on any atom is 0.255 e. The van der Waals surface area contributed by atoms with Crippen molar-refractivity contribution in [2.45, 2.75) is 25.3 Å². The Balaban J connectivity index is 1.74. The smallest absolute Gasteiger partial charge is 0.255 e. The molecule has 2 fully saturated rings. The summed E-state index contributed by atoms with van der Waals surface area (Å²) in [6, 6.07) is 6.32. The summed E-state index contributed by atoms with van der Waals surface area (Å²) < 4.78 is 1.85. The molecule has 3 rings (SSSR count). The molecule has 0 bridgehead atoms. The lowest BCUT2D eigenvalue weighted by Gasteiger charge is -2.44. The van der Waals surface area contributed by atoms with E-state index < -0.39 is 0 Å². The van der Waals surface area contributed by atoms with Crippen molar-refractivity contribution >= 4 is 37.8 Å². The van der Waals surface area contributed by atoms with Gasteiger partial charge < -0.3 is 4.90 Å². The summed E-state index contributed by atoms with van der Waals surface area (Å²) in [4.78, 5) is 17.2. The van der Waals surface area contributed by atoms with Gasteiger partial charge in [-0.05, 0) is 53.5 Å². The van der Waals surface area contributed by atoms with E-state index in [4.69, 9.17) is 0 Å². The fraction of sp³-hybridized carbons (Fsp3) is 0.533. The van der Waals surface area contributed by atoms with Crippen molar-refractivity contribution in [1.82, 2.24) is 9.80 Å². The molecule has 2 heterocycles. The van der Waals surface area contributed by atoms with E-state index in [1.165, 1.54) is 25.8 Å². The number of rotatable bonds is 1. The third kappa shape index (κ3) is 2.95. The Morgan fingerprint density at radius 3 is 2.80 bits per heavy atom. The molecule has 0 radical (unpaired) electrons. The number of piperazine rings is 1. The minimum Gasteiger partial charge on any atom is -0.336 e. The minimum absolute atomic E-state index is 0.148. The molecule has 5 heteroatoms. The average molecular weight is 402 g/mol. The predicted molar refractivity (Wildman–Crippen MR) is 87.0 cm³/mol. The molecule has 108 valence electrons. The number of piperidine rings is 1. The molecule has 0 aromatic heterocycles. The fourth-order valence-electron chi connectivity index (χ4n) is 3.17. The Morgan fingerprint density at radius 1 is 1.15 bits per heavy atom. The van der Waals surface area contributed by atoms with Gasteiger partial charge in [0.15, 0.2) is 0 Å². The third-order valence-corrected chi connectivity index (χ3v) is 5.44. The lowest BCUT2D eigenvalue weighted by Crippen LogP contribution is -2.56. The number of fused-ring (bicyclic) bond motifs is 1. The summed E-state index contributed by atoms with van der Waals surface area (Å²) >= 11 is 6.92. The highest BCUT2D eigenvalue weighted by molar-refractivity contribution is 9.11. The molecule has 0 aliphatic carbocycles. The standard InChI is InChI=1S/C15H18Br2N2O/c16-11-4-5-13(14(17)9-11)15(20)19-8-7-18-6-2-1-3-12(18)10-19/h4-5,9,12H,1-3,6-8,10H2. The van der Waals surface area contributed by atoms with E-state index in [-0.39, 0.29) is 5.91 Å². The number of nitrogens with zero attached hydrogens (tertiary/aromatic N) is 2. The molecule has 2 aliphatic heterocycles. The zero-order valence-electron chi connectivity index (χ0n) is 11.3. The van der Waals surface area contributed by atoms with Crippen LogP contribution in [-0.4, -0.2) is 47.9 Å². The molecule has 2 saturated heterocycles. The molecule has 1 aromatic carbocycles. The number of halogens is 2. The maximum atomic E-state index is 12.7. The monoisotopic (exact) mass is 400 g/mol. The number of amides is 1. The first-order valence-corrected chi connectivity index (χ1v) is 8.72. The van der Waals surface area contributed by atoms with Crippen molar-refractivity contribution in [2.24, 2.45) is 0 Å². The SMILES string of the molecule is O=C(c1ccc(Br)cc1Br)N1CCN2CCCCC2C1. The van der Waals surface area contributed by atoms with Crippen molar-refractivity contribution < 1.29 is 4.79 Å². The van der Waals surface area contributed by atoms with E-state index in [1.807, 2.05) is 23.1 Å². The summed E-state index contributed by atoms with van der Waals surface area (Å²) in [5.74, 6) is 0.148. The second kappa shape index (κ2) is 6.16. The summed E-state index contributed by atoms with van der Waals surface area (Å²) in [5, 5.41) is 0. The van der Waals surface area contributed by atoms with E-state index in [2.05, 4.69) is 36.8 Å². The van der Waals surface area contributed by atoms with Gasteiger partial charge >= 0.3 is 0 Å².